The Morgan fingerprint density at radius 3 is 2.78 bits per heavy atom. The summed E-state index contributed by atoms with van der Waals surface area (Å²) in [6.07, 6.45) is 0. The zero-order chi connectivity index (χ0) is 18.8. The van der Waals surface area contributed by atoms with E-state index in [1.54, 1.807) is 18.2 Å². The largest absolute Gasteiger partial charge is 0.482 e. The molecular formula is C20H21N3O4. The summed E-state index contributed by atoms with van der Waals surface area (Å²) >= 11 is 0. The van der Waals surface area contributed by atoms with Crippen LogP contribution in [0.2, 0.25) is 0 Å². The molecule has 4 rings (SSSR count). The lowest BCUT2D eigenvalue weighted by Gasteiger charge is -2.30. The van der Waals surface area contributed by atoms with Crippen molar-refractivity contribution in [2.75, 3.05) is 32.8 Å². The lowest BCUT2D eigenvalue weighted by atomic mass is 10.1. The van der Waals surface area contributed by atoms with Gasteiger partial charge in [0.1, 0.15) is 23.0 Å². The maximum atomic E-state index is 10.8. The number of fused-ring (bicyclic) bond motifs is 2. The number of carbonyl (C=O) groups is 1. The molecular weight excluding hydrogens is 346 g/mol. The molecule has 0 unspecified atom stereocenters. The highest BCUT2D eigenvalue weighted by Crippen LogP contribution is 2.40. The standard InChI is InChI=1S/C20H21N3O4/c1-13-2-4-17-15(10-13)20(23-8-6-21-7-9-23)22-16-11-14(26-12-19(24)25)3-5-18(16)27-17/h2-5,10-11,21H,6-9,12H2,1H3,(H,24,25). The van der Waals surface area contributed by atoms with Crippen molar-refractivity contribution in [2.45, 2.75) is 6.92 Å². The predicted octanol–water partition coefficient (Wildman–Crippen LogP) is 2.55. The van der Waals surface area contributed by atoms with E-state index in [4.69, 9.17) is 19.6 Å². The predicted molar refractivity (Wildman–Crippen MR) is 101 cm³/mol. The van der Waals surface area contributed by atoms with Crippen LogP contribution in [0.15, 0.2) is 41.4 Å². The second-order valence-electron chi connectivity index (χ2n) is 6.59. The third-order valence-electron chi connectivity index (χ3n) is 4.53. The molecule has 7 heteroatoms. The fourth-order valence-electron chi connectivity index (χ4n) is 3.22. The molecule has 140 valence electrons. The molecule has 0 amide bonds. The van der Waals surface area contributed by atoms with Crippen LogP contribution in [0.5, 0.6) is 17.2 Å². The fourth-order valence-corrected chi connectivity index (χ4v) is 3.22. The van der Waals surface area contributed by atoms with Crippen LogP contribution >= 0.6 is 0 Å². The van der Waals surface area contributed by atoms with Gasteiger partial charge >= 0.3 is 5.97 Å². The molecule has 0 aromatic heterocycles. The smallest absolute Gasteiger partial charge is 0.341 e. The molecule has 2 aliphatic rings. The van der Waals surface area contributed by atoms with Crippen LogP contribution in [-0.2, 0) is 4.79 Å². The first kappa shape index (κ1) is 17.4. The number of amidine groups is 1. The lowest BCUT2D eigenvalue weighted by Crippen LogP contribution is -2.46. The molecule has 2 N–H and O–H groups in total. The first-order valence-corrected chi connectivity index (χ1v) is 8.92. The molecule has 2 heterocycles. The molecule has 0 bridgehead atoms. The lowest BCUT2D eigenvalue weighted by molar-refractivity contribution is -0.139. The molecule has 7 nitrogen and oxygen atoms in total. The van der Waals surface area contributed by atoms with E-state index in [-0.39, 0.29) is 0 Å². The Morgan fingerprint density at radius 2 is 2.00 bits per heavy atom. The number of ether oxygens (including phenoxy) is 2. The number of rotatable bonds is 3. The Morgan fingerprint density at radius 1 is 1.22 bits per heavy atom. The van der Waals surface area contributed by atoms with Gasteiger partial charge in [-0.25, -0.2) is 9.79 Å². The molecule has 27 heavy (non-hydrogen) atoms. The van der Waals surface area contributed by atoms with Gasteiger partial charge in [0.15, 0.2) is 12.4 Å². The van der Waals surface area contributed by atoms with Gasteiger partial charge in [-0.05, 0) is 31.2 Å². The number of carboxylic acids is 1. The molecule has 0 atom stereocenters. The number of hydrogen-bond donors (Lipinski definition) is 2. The van der Waals surface area contributed by atoms with Gasteiger partial charge in [-0.2, -0.15) is 0 Å². The quantitative estimate of drug-likeness (QED) is 0.867. The Kier molecular flexibility index (Phi) is 4.68. The van der Waals surface area contributed by atoms with E-state index in [9.17, 15) is 4.79 Å². The van der Waals surface area contributed by atoms with Gasteiger partial charge in [-0.15, -0.1) is 0 Å². The maximum Gasteiger partial charge on any atom is 0.341 e. The second kappa shape index (κ2) is 7.28. The minimum atomic E-state index is -1.02. The highest BCUT2D eigenvalue weighted by atomic mass is 16.5. The summed E-state index contributed by atoms with van der Waals surface area (Å²) < 4.78 is 11.4. The summed E-state index contributed by atoms with van der Waals surface area (Å²) in [6.45, 7) is 5.16. The molecule has 0 saturated carbocycles. The molecule has 1 fully saturated rings. The Labute approximate surface area is 157 Å². The molecule has 2 aromatic rings. The molecule has 1 saturated heterocycles. The van der Waals surface area contributed by atoms with Gasteiger partial charge < -0.3 is 24.8 Å². The Bertz CT molecular complexity index is 904. The van der Waals surface area contributed by atoms with Crippen molar-refractivity contribution >= 4 is 17.5 Å². The van der Waals surface area contributed by atoms with Crippen LogP contribution in [-0.4, -0.2) is 54.6 Å². The van der Waals surface area contributed by atoms with Crippen molar-refractivity contribution < 1.29 is 19.4 Å². The normalized spacial score (nSPS) is 15.7. The van der Waals surface area contributed by atoms with Crippen LogP contribution in [0.3, 0.4) is 0 Å². The monoisotopic (exact) mass is 367 g/mol. The van der Waals surface area contributed by atoms with Gasteiger partial charge in [0.25, 0.3) is 0 Å². The van der Waals surface area contributed by atoms with E-state index in [1.165, 1.54) is 0 Å². The molecule has 2 aromatic carbocycles. The average Bonchev–Trinajstić information content (AvgIpc) is 2.83. The summed E-state index contributed by atoms with van der Waals surface area (Å²) in [4.78, 5) is 17.9. The third kappa shape index (κ3) is 3.73. The van der Waals surface area contributed by atoms with Gasteiger partial charge in [0, 0.05) is 32.2 Å². The average molecular weight is 367 g/mol. The minimum absolute atomic E-state index is 0.395. The van der Waals surface area contributed by atoms with E-state index < -0.39 is 12.6 Å². The van der Waals surface area contributed by atoms with Crippen molar-refractivity contribution in [1.82, 2.24) is 10.2 Å². The SMILES string of the molecule is Cc1ccc2c(c1)C(N1CCNCC1)=Nc1cc(OCC(=O)O)ccc1O2. The van der Waals surface area contributed by atoms with Crippen LogP contribution in [0.25, 0.3) is 0 Å². The highest BCUT2D eigenvalue weighted by Gasteiger charge is 2.24. The topological polar surface area (TPSA) is 83.4 Å². The van der Waals surface area contributed by atoms with E-state index in [0.717, 1.165) is 48.9 Å². The first-order valence-electron chi connectivity index (χ1n) is 8.92. The maximum absolute atomic E-state index is 10.8. The number of hydrogen-bond acceptors (Lipinski definition) is 6. The zero-order valence-electron chi connectivity index (χ0n) is 15.1. The van der Waals surface area contributed by atoms with Crippen molar-refractivity contribution in [3.8, 4) is 17.2 Å². The van der Waals surface area contributed by atoms with E-state index >= 15 is 0 Å². The van der Waals surface area contributed by atoms with Crippen LogP contribution in [0.1, 0.15) is 11.1 Å². The zero-order valence-corrected chi connectivity index (χ0v) is 15.1. The van der Waals surface area contributed by atoms with Crippen molar-refractivity contribution in [3.05, 3.63) is 47.5 Å². The minimum Gasteiger partial charge on any atom is -0.482 e. The number of nitrogens with one attached hydrogen (secondary N) is 1. The summed E-state index contributed by atoms with van der Waals surface area (Å²) in [5, 5.41) is 12.2. The van der Waals surface area contributed by atoms with E-state index in [2.05, 4.69) is 16.3 Å². The van der Waals surface area contributed by atoms with Gasteiger partial charge in [0.05, 0.1) is 5.56 Å². The second-order valence-corrected chi connectivity index (χ2v) is 6.59. The van der Waals surface area contributed by atoms with Gasteiger partial charge in [0.2, 0.25) is 0 Å². The summed E-state index contributed by atoms with van der Waals surface area (Å²) in [5.74, 6) is 1.67. The third-order valence-corrected chi connectivity index (χ3v) is 4.53. The Hall–Kier alpha value is -3.06. The van der Waals surface area contributed by atoms with Crippen LogP contribution in [0.4, 0.5) is 5.69 Å². The molecule has 0 spiro atoms. The number of aryl methyl sites for hydroxylation is 1. The van der Waals surface area contributed by atoms with Gasteiger partial charge in [-0.3, -0.25) is 0 Å². The Balaban J connectivity index is 1.78. The number of aliphatic carboxylic acids is 1. The number of benzene rings is 2. The summed E-state index contributed by atoms with van der Waals surface area (Å²) in [7, 11) is 0. The van der Waals surface area contributed by atoms with Crippen molar-refractivity contribution in [3.63, 3.8) is 0 Å². The fraction of sp³-hybridized carbons (Fsp3) is 0.300. The first-order chi connectivity index (χ1) is 13.1. The van der Waals surface area contributed by atoms with Gasteiger partial charge in [-0.1, -0.05) is 11.6 Å². The highest BCUT2D eigenvalue weighted by molar-refractivity contribution is 6.04. The summed E-state index contributed by atoms with van der Waals surface area (Å²) in [5.41, 5.74) is 2.72. The van der Waals surface area contributed by atoms with Crippen LogP contribution < -0.4 is 14.8 Å². The van der Waals surface area contributed by atoms with Crippen LogP contribution in [0, 0.1) is 6.92 Å². The number of piperazine rings is 1. The molecule has 0 radical (unpaired) electrons. The number of carboxylic acid groups (broad SMARTS) is 1. The van der Waals surface area contributed by atoms with E-state index in [1.807, 2.05) is 19.1 Å². The summed E-state index contributed by atoms with van der Waals surface area (Å²) in [6, 6.07) is 11.3. The number of aliphatic imine (C=N–C) groups is 1. The van der Waals surface area contributed by atoms with Crippen molar-refractivity contribution in [1.29, 1.82) is 0 Å². The van der Waals surface area contributed by atoms with E-state index in [0.29, 0.717) is 17.2 Å². The molecule has 2 aliphatic heterocycles. The van der Waals surface area contributed by atoms with Crippen molar-refractivity contribution in [2.24, 2.45) is 4.99 Å². The molecule has 0 aliphatic carbocycles. The number of nitrogens with zero attached hydrogens (tertiary/aromatic N) is 2.